The van der Waals surface area contributed by atoms with Gasteiger partial charge in [-0.1, -0.05) is 13.3 Å². The Morgan fingerprint density at radius 1 is 1.21 bits per heavy atom. The number of likely N-dealkylation sites (N-methyl/N-ethyl adjacent to an activating group) is 1. The highest BCUT2D eigenvalue weighted by Crippen LogP contribution is 2.37. The number of rotatable bonds is 5. The van der Waals surface area contributed by atoms with Gasteiger partial charge in [-0.25, -0.2) is 0 Å². The second-order valence-corrected chi connectivity index (χ2v) is 6.68. The average molecular weight is 266 g/mol. The molecule has 0 aromatic carbocycles. The van der Waals surface area contributed by atoms with Crippen LogP contribution in [0.15, 0.2) is 0 Å². The lowest BCUT2D eigenvalue weighted by Gasteiger charge is -2.40. The molecule has 3 rings (SSSR count). The monoisotopic (exact) mass is 266 g/mol. The van der Waals surface area contributed by atoms with Gasteiger partial charge in [-0.2, -0.15) is 0 Å². The van der Waals surface area contributed by atoms with Gasteiger partial charge >= 0.3 is 0 Å². The Hall–Kier alpha value is -0.120. The highest BCUT2D eigenvalue weighted by atomic mass is 16.5. The second kappa shape index (κ2) is 6.55. The Morgan fingerprint density at radius 2 is 2.11 bits per heavy atom. The van der Waals surface area contributed by atoms with Crippen LogP contribution in [-0.2, 0) is 4.74 Å². The highest BCUT2D eigenvalue weighted by molar-refractivity contribution is 4.92. The molecule has 0 aromatic heterocycles. The maximum Gasteiger partial charge on any atom is 0.0510 e. The van der Waals surface area contributed by atoms with E-state index < -0.39 is 0 Å². The zero-order chi connectivity index (χ0) is 13.1. The first-order chi connectivity index (χ1) is 9.38. The smallest absolute Gasteiger partial charge is 0.0510 e. The number of piperidine rings is 1. The quantitative estimate of drug-likeness (QED) is 0.826. The van der Waals surface area contributed by atoms with Crippen molar-refractivity contribution in [2.45, 2.75) is 57.5 Å². The van der Waals surface area contributed by atoms with Crippen LogP contribution in [0.2, 0.25) is 0 Å². The van der Waals surface area contributed by atoms with Crippen molar-refractivity contribution in [3.05, 3.63) is 0 Å². The lowest BCUT2D eigenvalue weighted by molar-refractivity contribution is 0.0875. The van der Waals surface area contributed by atoms with Gasteiger partial charge in [0, 0.05) is 31.2 Å². The molecule has 0 spiro atoms. The molecule has 1 aliphatic carbocycles. The van der Waals surface area contributed by atoms with E-state index in [1.165, 1.54) is 51.6 Å². The van der Waals surface area contributed by atoms with Crippen molar-refractivity contribution < 1.29 is 4.74 Å². The van der Waals surface area contributed by atoms with E-state index in [9.17, 15) is 0 Å². The molecule has 0 amide bonds. The predicted molar refractivity (Wildman–Crippen MR) is 78.3 cm³/mol. The van der Waals surface area contributed by atoms with Gasteiger partial charge in [0.1, 0.15) is 0 Å². The predicted octanol–water partition coefficient (Wildman–Crippen LogP) is 2.27. The standard InChI is InChI=1S/C16H30N2O/c1-2-17-15(14-8-10-19-12-14)11-18-9-4-6-13-5-3-7-16(13)18/h13-17H,2-12H2,1H3. The number of ether oxygens (including phenoxy) is 1. The fourth-order valence-electron chi connectivity index (χ4n) is 4.55. The summed E-state index contributed by atoms with van der Waals surface area (Å²) in [5.41, 5.74) is 0. The highest BCUT2D eigenvalue weighted by Gasteiger charge is 2.37. The first-order valence-corrected chi connectivity index (χ1v) is 8.43. The van der Waals surface area contributed by atoms with Crippen molar-refractivity contribution in [1.29, 1.82) is 0 Å². The summed E-state index contributed by atoms with van der Waals surface area (Å²) < 4.78 is 5.60. The van der Waals surface area contributed by atoms with Crippen LogP contribution < -0.4 is 5.32 Å². The number of likely N-dealkylation sites (tertiary alicyclic amines) is 1. The third-order valence-electron chi connectivity index (χ3n) is 5.54. The molecule has 2 saturated heterocycles. The number of hydrogen-bond acceptors (Lipinski definition) is 3. The molecule has 4 unspecified atom stereocenters. The van der Waals surface area contributed by atoms with E-state index in [1.54, 1.807) is 0 Å². The van der Waals surface area contributed by atoms with Gasteiger partial charge in [0.15, 0.2) is 0 Å². The molecule has 3 nitrogen and oxygen atoms in total. The SMILES string of the molecule is CCNC(CN1CCCC2CCCC21)C1CCOC1. The minimum Gasteiger partial charge on any atom is -0.381 e. The van der Waals surface area contributed by atoms with Crippen molar-refractivity contribution in [2.75, 3.05) is 32.8 Å². The topological polar surface area (TPSA) is 24.5 Å². The Kier molecular flexibility index (Phi) is 4.78. The summed E-state index contributed by atoms with van der Waals surface area (Å²) >= 11 is 0. The zero-order valence-corrected chi connectivity index (χ0v) is 12.4. The lowest BCUT2D eigenvalue weighted by Crippen LogP contribution is -2.51. The Bertz CT molecular complexity index is 276. The van der Waals surface area contributed by atoms with Crippen LogP contribution in [0, 0.1) is 11.8 Å². The van der Waals surface area contributed by atoms with Crippen molar-refractivity contribution in [3.63, 3.8) is 0 Å². The number of nitrogens with zero attached hydrogens (tertiary/aromatic N) is 1. The third-order valence-corrected chi connectivity index (χ3v) is 5.54. The molecule has 1 N–H and O–H groups in total. The maximum atomic E-state index is 5.60. The first kappa shape index (κ1) is 13.8. The second-order valence-electron chi connectivity index (χ2n) is 6.68. The largest absolute Gasteiger partial charge is 0.381 e. The van der Waals surface area contributed by atoms with E-state index in [-0.39, 0.29) is 0 Å². The van der Waals surface area contributed by atoms with Crippen LogP contribution in [0.25, 0.3) is 0 Å². The molecule has 19 heavy (non-hydrogen) atoms. The summed E-state index contributed by atoms with van der Waals surface area (Å²) in [7, 11) is 0. The van der Waals surface area contributed by atoms with Gasteiger partial charge in [-0.3, -0.25) is 4.90 Å². The molecule has 3 fully saturated rings. The molecule has 4 atom stereocenters. The molecular formula is C16H30N2O. The van der Waals surface area contributed by atoms with Gasteiger partial charge < -0.3 is 10.1 Å². The van der Waals surface area contributed by atoms with Crippen molar-refractivity contribution >= 4 is 0 Å². The maximum absolute atomic E-state index is 5.60. The Labute approximate surface area is 118 Å². The minimum atomic E-state index is 0.645. The summed E-state index contributed by atoms with van der Waals surface area (Å²) in [4.78, 5) is 2.81. The molecule has 2 heterocycles. The number of hydrogen-bond donors (Lipinski definition) is 1. The lowest BCUT2D eigenvalue weighted by atomic mass is 9.90. The molecule has 0 bridgehead atoms. The number of nitrogens with one attached hydrogen (secondary N) is 1. The Morgan fingerprint density at radius 3 is 2.89 bits per heavy atom. The van der Waals surface area contributed by atoms with Gasteiger partial charge in [-0.05, 0) is 51.1 Å². The summed E-state index contributed by atoms with van der Waals surface area (Å²) in [6, 6.07) is 1.55. The van der Waals surface area contributed by atoms with E-state index in [0.29, 0.717) is 6.04 Å². The van der Waals surface area contributed by atoms with E-state index in [4.69, 9.17) is 4.74 Å². The molecule has 0 radical (unpaired) electrons. The molecule has 3 heteroatoms. The molecular weight excluding hydrogens is 236 g/mol. The normalized spacial score (nSPS) is 37.4. The zero-order valence-electron chi connectivity index (χ0n) is 12.4. The minimum absolute atomic E-state index is 0.645. The van der Waals surface area contributed by atoms with Gasteiger partial charge in [-0.15, -0.1) is 0 Å². The van der Waals surface area contributed by atoms with Crippen LogP contribution in [0.3, 0.4) is 0 Å². The van der Waals surface area contributed by atoms with Crippen LogP contribution in [0.5, 0.6) is 0 Å². The van der Waals surface area contributed by atoms with Crippen molar-refractivity contribution in [2.24, 2.45) is 11.8 Å². The third kappa shape index (κ3) is 3.14. The number of fused-ring (bicyclic) bond motifs is 1. The van der Waals surface area contributed by atoms with Crippen molar-refractivity contribution in [1.82, 2.24) is 10.2 Å². The van der Waals surface area contributed by atoms with Gasteiger partial charge in [0.2, 0.25) is 0 Å². The molecule has 0 aromatic rings. The first-order valence-electron chi connectivity index (χ1n) is 8.43. The van der Waals surface area contributed by atoms with E-state index in [0.717, 1.165) is 37.6 Å². The van der Waals surface area contributed by atoms with Gasteiger partial charge in [0.25, 0.3) is 0 Å². The fraction of sp³-hybridized carbons (Fsp3) is 1.00. The van der Waals surface area contributed by atoms with Crippen LogP contribution >= 0.6 is 0 Å². The van der Waals surface area contributed by atoms with Crippen molar-refractivity contribution in [3.8, 4) is 0 Å². The average Bonchev–Trinajstić information content (AvgIpc) is 3.10. The Balaban J connectivity index is 1.60. The molecule has 2 aliphatic heterocycles. The molecule has 110 valence electrons. The fourth-order valence-corrected chi connectivity index (χ4v) is 4.55. The van der Waals surface area contributed by atoms with Crippen LogP contribution in [0.1, 0.15) is 45.4 Å². The van der Waals surface area contributed by atoms with E-state index >= 15 is 0 Å². The van der Waals surface area contributed by atoms with E-state index in [2.05, 4.69) is 17.1 Å². The summed E-state index contributed by atoms with van der Waals surface area (Å²) in [5, 5.41) is 3.73. The van der Waals surface area contributed by atoms with E-state index in [1.807, 2.05) is 0 Å². The molecule has 1 saturated carbocycles. The summed E-state index contributed by atoms with van der Waals surface area (Å²) in [6.07, 6.45) is 8.55. The van der Waals surface area contributed by atoms with Crippen LogP contribution in [0.4, 0.5) is 0 Å². The summed E-state index contributed by atoms with van der Waals surface area (Å²) in [5.74, 6) is 1.75. The summed E-state index contributed by atoms with van der Waals surface area (Å²) in [6.45, 7) is 7.85. The van der Waals surface area contributed by atoms with Gasteiger partial charge in [0.05, 0.1) is 6.61 Å². The van der Waals surface area contributed by atoms with Crippen LogP contribution in [-0.4, -0.2) is 49.8 Å². The molecule has 3 aliphatic rings.